The molecule has 0 saturated carbocycles. The van der Waals surface area contributed by atoms with Gasteiger partial charge in [-0.15, -0.1) is 0 Å². The lowest BCUT2D eigenvalue weighted by Crippen LogP contribution is -2.16. The van der Waals surface area contributed by atoms with E-state index in [1.165, 1.54) is 17.0 Å². The molecular formula is C13H18N4O2S. The standard InChI is InChI=1S/C13H18N4O2S/c1-10-8-11(2)16(15-10)7-3-6-14-9-12-4-5-13(20-12)17(18)19/h4-5,8,14H,3,6-7,9H2,1-2H3. The van der Waals surface area contributed by atoms with E-state index in [0.29, 0.717) is 6.54 Å². The van der Waals surface area contributed by atoms with E-state index in [-0.39, 0.29) is 9.92 Å². The predicted octanol–water partition coefficient (Wildman–Crippen LogP) is 2.65. The molecule has 2 heterocycles. The van der Waals surface area contributed by atoms with Crippen LogP contribution in [0.25, 0.3) is 0 Å². The van der Waals surface area contributed by atoms with Crippen LogP contribution >= 0.6 is 11.3 Å². The maximum Gasteiger partial charge on any atom is 0.324 e. The Kier molecular flexibility index (Phi) is 4.86. The highest BCUT2D eigenvalue weighted by molar-refractivity contribution is 7.15. The first-order valence-electron chi connectivity index (χ1n) is 6.51. The van der Waals surface area contributed by atoms with Crippen LogP contribution in [0.5, 0.6) is 0 Å². The van der Waals surface area contributed by atoms with E-state index in [2.05, 4.69) is 23.4 Å². The number of nitrogens with zero attached hydrogens (tertiary/aromatic N) is 3. The Bertz CT molecular complexity index is 591. The highest BCUT2D eigenvalue weighted by Gasteiger charge is 2.08. The van der Waals surface area contributed by atoms with Crippen LogP contribution in [0.2, 0.25) is 0 Å². The van der Waals surface area contributed by atoms with E-state index in [0.717, 1.165) is 30.1 Å². The van der Waals surface area contributed by atoms with Crippen LogP contribution in [-0.2, 0) is 13.1 Å². The van der Waals surface area contributed by atoms with Crippen molar-refractivity contribution in [3.63, 3.8) is 0 Å². The van der Waals surface area contributed by atoms with Crippen molar-refractivity contribution in [2.75, 3.05) is 6.54 Å². The van der Waals surface area contributed by atoms with Crippen molar-refractivity contribution in [2.24, 2.45) is 0 Å². The molecule has 0 fully saturated rings. The lowest BCUT2D eigenvalue weighted by Gasteiger charge is -2.05. The number of aryl methyl sites for hydroxylation is 3. The van der Waals surface area contributed by atoms with Gasteiger partial charge in [0, 0.05) is 29.7 Å². The number of nitrogens with one attached hydrogen (secondary N) is 1. The molecule has 0 aromatic carbocycles. The van der Waals surface area contributed by atoms with Crippen molar-refractivity contribution in [1.29, 1.82) is 0 Å². The van der Waals surface area contributed by atoms with Gasteiger partial charge < -0.3 is 5.32 Å². The van der Waals surface area contributed by atoms with Gasteiger partial charge >= 0.3 is 5.00 Å². The maximum absolute atomic E-state index is 10.6. The Balaban J connectivity index is 1.68. The summed E-state index contributed by atoms with van der Waals surface area (Å²) in [5, 5.41) is 18.5. The summed E-state index contributed by atoms with van der Waals surface area (Å²) in [6, 6.07) is 5.42. The fourth-order valence-corrected chi connectivity index (χ4v) is 2.82. The lowest BCUT2D eigenvalue weighted by atomic mass is 10.3. The van der Waals surface area contributed by atoms with Crippen LogP contribution in [0.15, 0.2) is 18.2 Å². The van der Waals surface area contributed by atoms with E-state index >= 15 is 0 Å². The first-order chi connectivity index (χ1) is 9.56. The Morgan fingerprint density at radius 1 is 1.45 bits per heavy atom. The average molecular weight is 294 g/mol. The number of hydrogen-bond donors (Lipinski definition) is 1. The molecular weight excluding hydrogens is 276 g/mol. The van der Waals surface area contributed by atoms with Gasteiger partial charge in [0.2, 0.25) is 0 Å². The van der Waals surface area contributed by atoms with Crippen molar-refractivity contribution in [2.45, 2.75) is 33.4 Å². The fourth-order valence-electron chi connectivity index (χ4n) is 2.03. The summed E-state index contributed by atoms with van der Waals surface area (Å²) in [4.78, 5) is 11.2. The van der Waals surface area contributed by atoms with Crippen LogP contribution < -0.4 is 5.32 Å². The summed E-state index contributed by atoms with van der Waals surface area (Å²) in [5.41, 5.74) is 2.22. The molecule has 1 N–H and O–H groups in total. The summed E-state index contributed by atoms with van der Waals surface area (Å²) in [5.74, 6) is 0. The van der Waals surface area contributed by atoms with Crippen LogP contribution in [0.1, 0.15) is 22.7 Å². The van der Waals surface area contributed by atoms with Crippen LogP contribution in [0.3, 0.4) is 0 Å². The van der Waals surface area contributed by atoms with Crippen molar-refractivity contribution in [3.8, 4) is 0 Å². The third-order valence-corrected chi connectivity index (χ3v) is 3.99. The van der Waals surface area contributed by atoms with E-state index in [4.69, 9.17) is 0 Å². The van der Waals surface area contributed by atoms with E-state index < -0.39 is 0 Å². The summed E-state index contributed by atoms with van der Waals surface area (Å²) >= 11 is 1.22. The zero-order chi connectivity index (χ0) is 14.5. The second kappa shape index (κ2) is 6.62. The van der Waals surface area contributed by atoms with Crippen molar-refractivity contribution < 1.29 is 4.92 Å². The third-order valence-electron chi connectivity index (χ3n) is 2.95. The zero-order valence-corrected chi connectivity index (χ0v) is 12.4. The first-order valence-corrected chi connectivity index (χ1v) is 7.33. The molecule has 0 aliphatic rings. The average Bonchev–Trinajstić information content (AvgIpc) is 2.96. The topological polar surface area (TPSA) is 73.0 Å². The molecule has 2 rings (SSSR count). The lowest BCUT2D eigenvalue weighted by molar-refractivity contribution is -0.380. The smallest absolute Gasteiger partial charge is 0.312 e. The van der Waals surface area contributed by atoms with Gasteiger partial charge in [0.25, 0.3) is 0 Å². The zero-order valence-electron chi connectivity index (χ0n) is 11.6. The molecule has 6 nitrogen and oxygen atoms in total. The highest BCUT2D eigenvalue weighted by Crippen LogP contribution is 2.23. The molecule has 2 aromatic heterocycles. The Morgan fingerprint density at radius 2 is 2.25 bits per heavy atom. The van der Waals surface area contributed by atoms with Crippen LogP contribution in [-0.4, -0.2) is 21.2 Å². The maximum atomic E-state index is 10.6. The van der Waals surface area contributed by atoms with Crippen molar-refractivity contribution >= 4 is 16.3 Å². The molecule has 20 heavy (non-hydrogen) atoms. The normalized spacial score (nSPS) is 10.9. The quantitative estimate of drug-likeness (QED) is 0.484. The minimum Gasteiger partial charge on any atom is -0.312 e. The molecule has 0 spiro atoms. The number of thiophene rings is 1. The Labute approximate surface area is 121 Å². The van der Waals surface area contributed by atoms with Crippen molar-refractivity contribution in [3.05, 3.63) is 44.6 Å². The molecule has 0 amide bonds. The number of aromatic nitrogens is 2. The van der Waals surface area contributed by atoms with Crippen LogP contribution in [0.4, 0.5) is 5.00 Å². The second-order valence-electron chi connectivity index (χ2n) is 4.68. The molecule has 0 saturated heterocycles. The summed E-state index contributed by atoms with van der Waals surface area (Å²) in [7, 11) is 0. The molecule has 0 unspecified atom stereocenters. The number of hydrogen-bond acceptors (Lipinski definition) is 5. The van der Waals surface area contributed by atoms with Gasteiger partial charge in [-0.25, -0.2) is 0 Å². The monoisotopic (exact) mass is 294 g/mol. The van der Waals surface area contributed by atoms with Gasteiger partial charge in [-0.3, -0.25) is 14.8 Å². The van der Waals surface area contributed by atoms with Gasteiger partial charge in [-0.2, -0.15) is 5.10 Å². The van der Waals surface area contributed by atoms with Gasteiger partial charge in [0.1, 0.15) is 0 Å². The molecule has 2 aromatic rings. The molecule has 108 valence electrons. The number of rotatable bonds is 7. The number of nitro groups is 1. The molecule has 0 aliphatic heterocycles. The molecule has 0 atom stereocenters. The van der Waals surface area contributed by atoms with Crippen LogP contribution in [0, 0.1) is 24.0 Å². The predicted molar refractivity (Wildman–Crippen MR) is 79.0 cm³/mol. The van der Waals surface area contributed by atoms with Crippen molar-refractivity contribution in [1.82, 2.24) is 15.1 Å². The minimum absolute atomic E-state index is 0.199. The van der Waals surface area contributed by atoms with E-state index in [1.807, 2.05) is 11.6 Å². The Morgan fingerprint density at radius 3 is 2.85 bits per heavy atom. The van der Waals surface area contributed by atoms with Gasteiger partial charge in [-0.05, 0) is 38.9 Å². The SMILES string of the molecule is Cc1cc(C)n(CCCNCc2ccc([N+](=O)[O-])s2)n1. The summed E-state index contributed by atoms with van der Waals surface area (Å²) < 4.78 is 2.01. The van der Waals surface area contributed by atoms with E-state index in [1.54, 1.807) is 12.1 Å². The molecule has 0 aliphatic carbocycles. The largest absolute Gasteiger partial charge is 0.324 e. The summed E-state index contributed by atoms with van der Waals surface area (Å²) in [6.45, 7) is 6.47. The fraction of sp³-hybridized carbons (Fsp3) is 0.462. The second-order valence-corrected chi connectivity index (χ2v) is 5.82. The Hall–Kier alpha value is -1.73. The first kappa shape index (κ1) is 14.7. The molecule has 0 radical (unpaired) electrons. The molecule has 0 bridgehead atoms. The third kappa shape index (κ3) is 3.88. The minimum atomic E-state index is -0.350. The highest BCUT2D eigenvalue weighted by atomic mass is 32.1. The molecule has 7 heteroatoms. The van der Waals surface area contributed by atoms with E-state index in [9.17, 15) is 10.1 Å². The summed E-state index contributed by atoms with van der Waals surface area (Å²) in [6.07, 6.45) is 0.982. The van der Waals surface area contributed by atoms with Gasteiger partial charge in [0.05, 0.1) is 10.6 Å². The van der Waals surface area contributed by atoms with Gasteiger partial charge in [-0.1, -0.05) is 11.3 Å². The van der Waals surface area contributed by atoms with Gasteiger partial charge in [0.15, 0.2) is 0 Å².